The van der Waals surface area contributed by atoms with Gasteiger partial charge in [0.25, 0.3) is 0 Å². The Morgan fingerprint density at radius 1 is 0.842 bits per heavy atom. The molecule has 0 saturated carbocycles. The Balaban J connectivity index is 2.75. The smallest absolute Gasteiger partial charge is 0.398 e. The minimum atomic E-state index is -4.57. The third-order valence-electron chi connectivity index (χ3n) is 2.69. The Morgan fingerprint density at radius 2 is 1.37 bits per heavy atom. The molecule has 0 radical (unpaired) electrons. The first-order chi connectivity index (χ1) is 8.80. The third kappa shape index (κ3) is 2.61. The monoisotopic (exact) mass is 286 g/mol. The number of rotatable bonds is 1. The minimum Gasteiger partial charge on any atom is -0.398 e. The number of hydrogen-bond donors (Lipinski definition) is 2. The highest BCUT2D eigenvalue weighted by Gasteiger charge is 2.37. The van der Waals surface area contributed by atoms with E-state index < -0.39 is 11.7 Å². The van der Waals surface area contributed by atoms with Gasteiger partial charge in [0.1, 0.15) is 0 Å². The molecular weight excluding hydrogens is 277 g/mol. The van der Waals surface area contributed by atoms with Gasteiger partial charge in [-0.05, 0) is 29.8 Å². The van der Waals surface area contributed by atoms with Gasteiger partial charge in [-0.2, -0.15) is 13.2 Å². The zero-order valence-electron chi connectivity index (χ0n) is 9.63. The SMILES string of the molecule is Nc1ccc(N)c(C(F)(F)F)c1-c1ccc(Cl)cc1. The molecule has 2 rings (SSSR count). The number of alkyl halides is 3. The molecule has 2 aromatic rings. The summed E-state index contributed by atoms with van der Waals surface area (Å²) in [5, 5.41) is 0.430. The highest BCUT2D eigenvalue weighted by Crippen LogP contribution is 2.43. The lowest BCUT2D eigenvalue weighted by Gasteiger charge is -2.17. The molecule has 0 heterocycles. The van der Waals surface area contributed by atoms with Crippen molar-refractivity contribution in [2.24, 2.45) is 0 Å². The summed E-state index contributed by atoms with van der Waals surface area (Å²) in [4.78, 5) is 0. The molecule has 0 atom stereocenters. The molecule has 0 aromatic heterocycles. The fourth-order valence-electron chi connectivity index (χ4n) is 1.87. The van der Waals surface area contributed by atoms with Gasteiger partial charge in [0.15, 0.2) is 0 Å². The first kappa shape index (κ1) is 13.5. The molecule has 4 N–H and O–H groups in total. The first-order valence-electron chi connectivity index (χ1n) is 5.32. The van der Waals surface area contributed by atoms with Crippen molar-refractivity contribution >= 4 is 23.0 Å². The molecule has 0 saturated heterocycles. The van der Waals surface area contributed by atoms with Crippen LogP contribution in [0, 0.1) is 0 Å². The maximum atomic E-state index is 13.1. The van der Waals surface area contributed by atoms with Crippen molar-refractivity contribution in [2.75, 3.05) is 11.5 Å². The first-order valence-corrected chi connectivity index (χ1v) is 5.69. The Labute approximate surface area is 112 Å². The number of hydrogen-bond acceptors (Lipinski definition) is 2. The molecule has 19 heavy (non-hydrogen) atoms. The third-order valence-corrected chi connectivity index (χ3v) is 2.94. The van der Waals surface area contributed by atoms with Crippen LogP contribution in [0.2, 0.25) is 5.02 Å². The fourth-order valence-corrected chi connectivity index (χ4v) is 1.99. The summed E-state index contributed by atoms with van der Waals surface area (Å²) >= 11 is 5.72. The standard InChI is InChI=1S/C13H10ClF3N2/c14-8-3-1-7(2-4-8)11-9(18)5-6-10(19)12(11)13(15,16)17/h1-6H,18-19H2. The van der Waals surface area contributed by atoms with Crippen molar-refractivity contribution in [2.45, 2.75) is 6.18 Å². The lowest BCUT2D eigenvalue weighted by molar-refractivity contribution is -0.136. The van der Waals surface area contributed by atoms with E-state index >= 15 is 0 Å². The van der Waals surface area contributed by atoms with E-state index in [0.717, 1.165) is 6.07 Å². The molecule has 2 aromatic carbocycles. The second-order valence-electron chi connectivity index (χ2n) is 4.00. The summed E-state index contributed by atoms with van der Waals surface area (Å²) in [5.74, 6) is 0. The Bertz CT molecular complexity index is 607. The molecule has 2 nitrogen and oxygen atoms in total. The molecule has 0 amide bonds. The zero-order valence-corrected chi connectivity index (χ0v) is 10.4. The van der Waals surface area contributed by atoms with Crippen LogP contribution in [0.3, 0.4) is 0 Å². The normalized spacial score (nSPS) is 11.6. The highest BCUT2D eigenvalue weighted by molar-refractivity contribution is 6.30. The van der Waals surface area contributed by atoms with Crippen LogP contribution in [0.4, 0.5) is 24.5 Å². The summed E-state index contributed by atoms with van der Waals surface area (Å²) in [6.07, 6.45) is -4.57. The lowest BCUT2D eigenvalue weighted by atomic mass is 9.96. The average Bonchev–Trinajstić information content (AvgIpc) is 2.31. The van der Waals surface area contributed by atoms with Crippen molar-refractivity contribution in [3.8, 4) is 11.1 Å². The number of anilines is 2. The van der Waals surface area contributed by atoms with E-state index in [1.54, 1.807) is 0 Å². The lowest BCUT2D eigenvalue weighted by Crippen LogP contribution is -2.12. The van der Waals surface area contributed by atoms with E-state index in [0.29, 0.717) is 10.6 Å². The summed E-state index contributed by atoms with van der Waals surface area (Å²) in [7, 11) is 0. The van der Waals surface area contributed by atoms with Gasteiger partial charge in [-0.25, -0.2) is 0 Å². The minimum absolute atomic E-state index is 0.0175. The fraction of sp³-hybridized carbons (Fsp3) is 0.0769. The Hall–Kier alpha value is -1.88. The van der Waals surface area contributed by atoms with Crippen LogP contribution in [0.25, 0.3) is 11.1 Å². The van der Waals surface area contributed by atoms with Crippen molar-refractivity contribution in [1.29, 1.82) is 0 Å². The quantitative estimate of drug-likeness (QED) is 0.772. The van der Waals surface area contributed by atoms with Crippen molar-refractivity contribution in [1.82, 2.24) is 0 Å². The largest absolute Gasteiger partial charge is 0.419 e. The van der Waals surface area contributed by atoms with E-state index in [1.807, 2.05) is 0 Å². The van der Waals surface area contributed by atoms with Crippen molar-refractivity contribution < 1.29 is 13.2 Å². The van der Waals surface area contributed by atoms with Crippen LogP contribution < -0.4 is 11.5 Å². The van der Waals surface area contributed by atoms with Crippen LogP contribution >= 0.6 is 11.6 Å². The molecule has 0 spiro atoms. The maximum Gasteiger partial charge on any atom is 0.419 e. The van der Waals surface area contributed by atoms with Crippen LogP contribution in [-0.4, -0.2) is 0 Å². The predicted molar refractivity (Wildman–Crippen MR) is 70.7 cm³/mol. The van der Waals surface area contributed by atoms with E-state index in [9.17, 15) is 13.2 Å². The highest BCUT2D eigenvalue weighted by atomic mass is 35.5. The van der Waals surface area contributed by atoms with E-state index in [1.165, 1.54) is 30.3 Å². The van der Waals surface area contributed by atoms with Gasteiger partial charge in [0.05, 0.1) is 5.56 Å². The van der Waals surface area contributed by atoms with Crippen molar-refractivity contribution in [3.63, 3.8) is 0 Å². The van der Waals surface area contributed by atoms with Gasteiger partial charge in [-0.15, -0.1) is 0 Å². The van der Waals surface area contributed by atoms with Crippen molar-refractivity contribution in [3.05, 3.63) is 47.0 Å². The van der Waals surface area contributed by atoms with E-state index in [2.05, 4.69) is 0 Å². The molecular formula is C13H10ClF3N2. The van der Waals surface area contributed by atoms with Gasteiger partial charge in [-0.3, -0.25) is 0 Å². The summed E-state index contributed by atoms with van der Waals surface area (Å²) in [6, 6.07) is 8.46. The number of halogens is 4. The van der Waals surface area contributed by atoms with Crippen LogP contribution in [0.5, 0.6) is 0 Å². The van der Waals surface area contributed by atoms with Gasteiger partial charge in [0.2, 0.25) is 0 Å². The number of benzene rings is 2. The second-order valence-corrected chi connectivity index (χ2v) is 4.44. The molecule has 6 heteroatoms. The molecule has 100 valence electrons. The summed E-state index contributed by atoms with van der Waals surface area (Å²) in [5.41, 5.74) is 10.1. The van der Waals surface area contributed by atoms with Gasteiger partial charge < -0.3 is 11.5 Å². The van der Waals surface area contributed by atoms with E-state index in [-0.39, 0.29) is 16.9 Å². The summed E-state index contributed by atoms with van der Waals surface area (Å²) < 4.78 is 39.3. The molecule has 0 fully saturated rings. The maximum absolute atomic E-state index is 13.1. The predicted octanol–water partition coefficient (Wildman–Crippen LogP) is 4.19. The van der Waals surface area contributed by atoms with Gasteiger partial charge >= 0.3 is 6.18 Å². The number of nitrogen functional groups attached to an aromatic ring is 2. The molecule has 0 aliphatic rings. The molecule has 0 aliphatic heterocycles. The van der Waals surface area contributed by atoms with Crippen LogP contribution in [0.15, 0.2) is 36.4 Å². The molecule has 0 aliphatic carbocycles. The molecule has 0 unspecified atom stereocenters. The van der Waals surface area contributed by atoms with Gasteiger partial charge in [0, 0.05) is 22.0 Å². The molecule has 0 bridgehead atoms. The van der Waals surface area contributed by atoms with Crippen LogP contribution in [-0.2, 0) is 6.18 Å². The second kappa shape index (κ2) is 4.66. The average molecular weight is 287 g/mol. The Morgan fingerprint density at radius 3 is 1.89 bits per heavy atom. The number of nitrogens with two attached hydrogens (primary N) is 2. The summed E-state index contributed by atoms with van der Waals surface area (Å²) in [6.45, 7) is 0. The van der Waals surface area contributed by atoms with Gasteiger partial charge in [-0.1, -0.05) is 23.7 Å². The van der Waals surface area contributed by atoms with E-state index in [4.69, 9.17) is 23.1 Å². The zero-order chi connectivity index (χ0) is 14.2. The topological polar surface area (TPSA) is 52.0 Å². The van der Waals surface area contributed by atoms with Crippen LogP contribution in [0.1, 0.15) is 5.56 Å². The Kier molecular flexibility index (Phi) is 3.32.